The minimum absolute atomic E-state index is 0. The molecule has 4 heteroatoms. The number of para-hydroxylation sites is 2. The van der Waals surface area contributed by atoms with Crippen LogP contribution < -0.4 is 24.8 Å². The van der Waals surface area contributed by atoms with Crippen molar-refractivity contribution in [2.45, 2.75) is 5.92 Å². The predicted octanol–water partition coefficient (Wildman–Crippen LogP) is 0.188. The van der Waals surface area contributed by atoms with Crippen molar-refractivity contribution in [2.24, 2.45) is 0 Å². The first-order valence-electron chi connectivity index (χ1n) is 7.55. The molecule has 4 rings (SSSR count). The number of nitrogens with zero attached hydrogens (tertiary/aromatic N) is 1. The molecule has 1 radical (unpaired) electrons. The Balaban J connectivity index is 0.00000104. The van der Waals surface area contributed by atoms with E-state index in [1.807, 2.05) is 30.3 Å². The molecule has 1 nitrogen and oxygen atoms in total. The van der Waals surface area contributed by atoms with Crippen molar-refractivity contribution in [1.82, 2.24) is 0 Å². The monoisotopic (exact) mass is 442 g/mol. The summed E-state index contributed by atoms with van der Waals surface area (Å²) in [7, 11) is 0. The zero-order chi connectivity index (χ0) is 14.8. The van der Waals surface area contributed by atoms with Gasteiger partial charge in [0.15, 0.2) is 0 Å². The molecule has 0 aromatic heterocycles. The van der Waals surface area contributed by atoms with Crippen LogP contribution in [-0.4, -0.2) is 0 Å². The Hall–Kier alpha value is -1.34. The Morgan fingerprint density at radius 2 is 1.24 bits per heavy atom. The van der Waals surface area contributed by atoms with Gasteiger partial charge in [0.25, 0.3) is 0 Å². The van der Waals surface area contributed by atoms with E-state index in [4.69, 9.17) is 5.32 Å². The van der Waals surface area contributed by atoms with Gasteiger partial charge < -0.3 is 30.1 Å². The van der Waals surface area contributed by atoms with Crippen LogP contribution in [0.1, 0.15) is 22.6 Å². The molecule has 25 heavy (non-hydrogen) atoms. The second-order valence-corrected chi connectivity index (χ2v) is 5.47. The maximum absolute atomic E-state index is 4.82. The van der Waals surface area contributed by atoms with E-state index in [2.05, 4.69) is 60.7 Å². The zero-order valence-electron chi connectivity index (χ0n) is 13.4. The van der Waals surface area contributed by atoms with Gasteiger partial charge in [-0.2, -0.15) is 0 Å². The summed E-state index contributed by atoms with van der Waals surface area (Å²) in [5.41, 5.74) is 5.96. The van der Waals surface area contributed by atoms with Crippen LogP contribution in [0.4, 0.5) is 11.4 Å². The minimum Gasteiger partial charge on any atom is -1.00 e. The van der Waals surface area contributed by atoms with Crippen LogP contribution >= 0.6 is 0 Å². The molecule has 0 N–H and O–H groups in total. The predicted molar refractivity (Wildman–Crippen MR) is 92.9 cm³/mol. The Kier molecular flexibility index (Phi) is 8.66. The van der Waals surface area contributed by atoms with Crippen molar-refractivity contribution in [3.63, 3.8) is 0 Å². The van der Waals surface area contributed by atoms with Gasteiger partial charge in [0, 0.05) is 5.92 Å². The van der Waals surface area contributed by atoms with Crippen molar-refractivity contribution in [3.8, 4) is 0 Å². The smallest absolute Gasteiger partial charge is 1.00 e. The van der Waals surface area contributed by atoms with E-state index in [9.17, 15) is 0 Å². The van der Waals surface area contributed by atoms with Gasteiger partial charge in [-0.05, 0) is 11.1 Å². The van der Waals surface area contributed by atoms with E-state index < -0.39 is 0 Å². The molecule has 0 saturated heterocycles. The van der Waals surface area contributed by atoms with E-state index in [-0.39, 0.29) is 51.0 Å². The van der Waals surface area contributed by atoms with Crippen LogP contribution in [0.2, 0.25) is 0 Å². The molecule has 1 aliphatic rings. The van der Waals surface area contributed by atoms with Gasteiger partial charge in [-0.1, -0.05) is 96.6 Å². The summed E-state index contributed by atoms with van der Waals surface area (Å²) in [4.78, 5) is 0. The third kappa shape index (κ3) is 4.64. The molecular weight excluding hydrogens is 428 g/mol. The molecule has 0 spiro atoms. The minimum atomic E-state index is 0. The fourth-order valence-electron chi connectivity index (χ4n) is 3.01. The summed E-state index contributed by atoms with van der Waals surface area (Å²) >= 11 is 0. The molecule has 0 bridgehead atoms. The van der Waals surface area contributed by atoms with Crippen molar-refractivity contribution in [3.05, 3.63) is 107 Å². The SMILES string of the molecule is C1=CC(c2ccccc2[N-]c2ccccc2)c2ccccc21.[Cl-].[Cl-].[Zr+3]. The quantitative estimate of drug-likeness (QED) is 0.548. The molecule has 0 saturated carbocycles. The summed E-state index contributed by atoms with van der Waals surface area (Å²) in [5, 5.41) is 4.82. The van der Waals surface area contributed by atoms with Crippen LogP contribution in [0, 0.1) is 0 Å². The van der Waals surface area contributed by atoms with Gasteiger partial charge in [-0.3, -0.25) is 0 Å². The van der Waals surface area contributed by atoms with E-state index in [0.717, 1.165) is 11.4 Å². The summed E-state index contributed by atoms with van der Waals surface area (Å²) in [6.07, 6.45) is 4.48. The van der Waals surface area contributed by atoms with Gasteiger partial charge in [0.1, 0.15) is 0 Å². The number of benzene rings is 3. The molecule has 0 heterocycles. The van der Waals surface area contributed by atoms with Crippen LogP contribution in [0.5, 0.6) is 0 Å². The average Bonchev–Trinajstić information content (AvgIpc) is 3.00. The molecule has 3 aromatic carbocycles. The third-order valence-corrected chi connectivity index (χ3v) is 4.08. The molecule has 0 aliphatic heterocycles. The molecule has 3 aromatic rings. The van der Waals surface area contributed by atoms with Crippen molar-refractivity contribution in [1.29, 1.82) is 0 Å². The topological polar surface area (TPSA) is 14.1 Å². The second-order valence-electron chi connectivity index (χ2n) is 5.47. The third-order valence-electron chi connectivity index (χ3n) is 4.08. The average molecular weight is 444 g/mol. The standard InChI is InChI=1S/C21H16N.2ClH.Zr/c1-2-9-17(10-3-1)22-21-13-7-6-12-20(21)19-15-14-16-8-4-5-11-18(16)19;;;/h1-15,19H;2*1H;/q-1;;;+3/p-2. The number of hydrogen-bond acceptors (Lipinski definition) is 0. The van der Waals surface area contributed by atoms with E-state index >= 15 is 0 Å². The Bertz CT molecular complexity index is 834. The van der Waals surface area contributed by atoms with Crippen molar-refractivity contribution >= 4 is 17.5 Å². The van der Waals surface area contributed by atoms with Crippen LogP contribution in [-0.2, 0) is 26.2 Å². The molecule has 0 amide bonds. The number of allylic oxidation sites excluding steroid dienone is 1. The van der Waals surface area contributed by atoms with Crippen molar-refractivity contribution < 1.29 is 51.0 Å². The second kappa shape index (κ2) is 9.97. The number of halogens is 2. The first-order valence-corrected chi connectivity index (χ1v) is 7.55. The molecule has 1 aliphatic carbocycles. The molecule has 1 atom stereocenters. The van der Waals surface area contributed by atoms with E-state index in [1.165, 1.54) is 16.7 Å². The molecule has 123 valence electrons. The van der Waals surface area contributed by atoms with Crippen molar-refractivity contribution in [2.75, 3.05) is 0 Å². The first-order chi connectivity index (χ1) is 10.9. The van der Waals surface area contributed by atoms with E-state index in [1.54, 1.807) is 0 Å². The Morgan fingerprint density at radius 3 is 2.00 bits per heavy atom. The first kappa shape index (κ1) is 21.7. The summed E-state index contributed by atoms with van der Waals surface area (Å²) in [6.45, 7) is 0. The number of hydrogen-bond donors (Lipinski definition) is 0. The van der Waals surface area contributed by atoms with Crippen LogP contribution in [0.25, 0.3) is 11.4 Å². The maximum Gasteiger partial charge on any atom is 3.00 e. The van der Waals surface area contributed by atoms with Crippen LogP contribution in [0.3, 0.4) is 0 Å². The van der Waals surface area contributed by atoms with Gasteiger partial charge in [-0.25, -0.2) is 0 Å². The maximum atomic E-state index is 4.82. The van der Waals surface area contributed by atoms with Gasteiger partial charge >= 0.3 is 26.2 Å². The normalized spacial score (nSPS) is 13.7. The van der Waals surface area contributed by atoms with Gasteiger partial charge in [0.05, 0.1) is 0 Å². The van der Waals surface area contributed by atoms with Crippen LogP contribution in [0.15, 0.2) is 84.9 Å². The fraction of sp³-hybridized carbons (Fsp3) is 0.0476. The Morgan fingerprint density at radius 1 is 0.640 bits per heavy atom. The number of fused-ring (bicyclic) bond motifs is 1. The van der Waals surface area contributed by atoms with Gasteiger partial charge in [0.2, 0.25) is 0 Å². The van der Waals surface area contributed by atoms with E-state index in [0.29, 0.717) is 5.92 Å². The summed E-state index contributed by atoms with van der Waals surface area (Å²) < 4.78 is 0. The summed E-state index contributed by atoms with van der Waals surface area (Å²) in [5.74, 6) is 0.292. The Labute approximate surface area is 180 Å². The summed E-state index contributed by atoms with van der Waals surface area (Å²) in [6, 6.07) is 27.1. The number of rotatable bonds is 3. The van der Waals surface area contributed by atoms with Gasteiger partial charge in [-0.15, -0.1) is 11.4 Å². The molecular formula is C21H16Cl2NZr. The molecule has 1 unspecified atom stereocenters. The largest absolute Gasteiger partial charge is 3.00 e. The molecule has 0 fully saturated rings. The zero-order valence-corrected chi connectivity index (χ0v) is 17.4. The fourth-order valence-corrected chi connectivity index (χ4v) is 3.01.